The molecule has 262 valence electrons. The Hall–Kier alpha value is -7.37. The van der Waals surface area contributed by atoms with Crippen LogP contribution in [0.5, 0.6) is 0 Å². The second-order valence-corrected chi connectivity index (χ2v) is 14.7. The van der Waals surface area contributed by atoms with Gasteiger partial charge in [-0.15, -0.1) is 0 Å². The van der Waals surface area contributed by atoms with Crippen LogP contribution in [0.1, 0.15) is 17.7 Å². The Balaban J connectivity index is 1.10. The summed E-state index contributed by atoms with van der Waals surface area (Å²) >= 11 is 0. The second-order valence-electron chi connectivity index (χ2n) is 14.7. The number of hydrogen-bond acceptors (Lipinski definition) is 3. The summed E-state index contributed by atoms with van der Waals surface area (Å²) in [7, 11) is 0. The van der Waals surface area contributed by atoms with Crippen molar-refractivity contribution in [2.45, 2.75) is 12.8 Å². The molecule has 0 unspecified atom stereocenters. The van der Waals surface area contributed by atoms with E-state index >= 15 is 0 Å². The van der Waals surface area contributed by atoms with Gasteiger partial charge in [0.25, 0.3) is 0 Å². The molecule has 56 heavy (non-hydrogen) atoms. The van der Waals surface area contributed by atoms with E-state index in [0.717, 1.165) is 90.1 Å². The van der Waals surface area contributed by atoms with Gasteiger partial charge in [0.2, 0.25) is 0 Å². The smallest absolute Gasteiger partial charge is 0.0963 e. The largest absolute Gasteiger partial charge is 0.308 e. The Bertz CT molecular complexity index is 3370. The lowest BCUT2D eigenvalue weighted by atomic mass is 9.93. The second kappa shape index (κ2) is 12.1. The van der Waals surface area contributed by atoms with Crippen molar-refractivity contribution in [3.8, 4) is 33.6 Å². The normalized spacial score (nSPS) is 12.8. The number of rotatable bonds is 4. The quantitative estimate of drug-likeness (QED) is 0.135. The Morgan fingerprint density at radius 1 is 0.464 bits per heavy atom. The molecule has 0 N–H and O–H groups in total. The number of hydrogen-bond donors (Lipinski definition) is 0. The van der Waals surface area contributed by atoms with Crippen LogP contribution in [0.2, 0.25) is 0 Å². The first kappa shape index (κ1) is 31.0. The van der Waals surface area contributed by atoms with Crippen LogP contribution in [0.4, 0.5) is 0 Å². The number of aromatic nitrogens is 5. The third-order valence-corrected chi connectivity index (χ3v) is 11.6. The zero-order chi connectivity index (χ0) is 36.7. The van der Waals surface area contributed by atoms with Crippen LogP contribution in [0.25, 0.3) is 105 Å². The SMILES string of the molecule is C1=Cc2c(c3ncccc3n2-c2cc(-c3ccc(-c4c5ccccc5nc5c4ccc4ccccc45)cc3)cc(-n3c4ccccc4c4ncccc43)c2)CC1. The number of allylic oxidation sites excluding steroid dienone is 1. The van der Waals surface area contributed by atoms with Crippen LogP contribution in [0.15, 0.2) is 170 Å². The fraction of sp³-hybridized carbons (Fsp3) is 0.0392. The first-order valence-electron chi connectivity index (χ1n) is 19.2. The molecule has 0 saturated carbocycles. The lowest BCUT2D eigenvalue weighted by molar-refractivity contribution is 0.965. The summed E-state index contributed by atoms with van der Waals surface area (Å²) in [6.45, 7) is 0. The third kappa shape index (κ3) is 4.58. The summed E-state index contributed by atoms with van der Waals surface area (Å²) in [5.41, 5.74) is 16.8. The maximum atomic E-state index is 5.20. The number of fused-ring (bicyclic) bond motifs is 10. The molecule has 0 atom stereocenters. The number of aryl methyl sites for hydroxylation is 1. The summed E-state index contributed by atoms with van der Waals surface area (Å²) in [5, 5.41) is 5.81. The van der Waals surface area contributed by atoms with E-state index in [1.54, 1.807) is 0 Å². The maximum Gasteiger partial charge on any atom is 0.0963 e. The molecule has 0 fully saturated rings. The molecule has 1 aliphatic rings. The summed E-state index contributed by atoms with van der Waals surface area (Å²) in [6, 6.07) is 54.6. The molecule has 0 radical (unpaired) electrons. The molecule has 6 aromatic carbocycles. The van der Waals surface area contributed by atoms with Gasteiger partial charge in [0.1, 0.15) is 0 Å². The molecule has 5 heterocycles. The molecule has 5 aromatic heterocycles. The van der Waals surface area contributed by atoms with E-state index in [4.69, 9.17) is 15.0 Å². The number of nitrogens with zero attached hydrogens (tertiary/aromatic N) is 5. The summed E-state index contributed by atoms with van der Waals surface area (Å²) in [4.78, 5) is 15.0. The number of pyridine rings is 3. The van der Waals surface area contributed by atoms with E-state index in [1.807, 2.05) is 24.5 Å². The highest BCUT2D eigenvalue weighted by Gasteiger charge is 2.22. The van der Waals surface area contributed by atoms with Crippen molar-refractivity contribution in [2.75, 3.05) is 0 Å². The molecule has 12 rings (SSSR count). The molecule has 0 spiro atoms. The first-order chi connectivity index (χ1) is 27.8. The fourth-order valence-electron chi connectivity index (χ4n) is 9.17. The van der Waals surface area contributed by atoms with Gasteiger partial charge < -0.3 is 9.13 Å². The van der Waals surface area contributed by atoms with Crippen molar-refractivity contribution in [1.82, 2.24) is 24.1 Å². The maximum absolute atomic E-state index is 5.20. The fourth-order valence-corrected chi connectivity index (χ4v) is 9.17. The van der Waals surface area contributed by atoms with Crippen LogP contribution in [0.3, 0.4) is 0 Å². The Kier molecular flexibility index (Phi) is 6.69. The highest BCUT2D eigenvalue weighted by molar-refractivity contribution is 6.17. The average molecular weight is 716 g/mol. The van der Waals surface area contributed by atoms with Crippen molar-refractivity contribution >= 4 is 71.6 Å². The standard InChI is InChI=1S/C51H33N5/c1-2-12-38-33(11-1)25-26-42-48(39-13-3-6-16-43(39)54-49(38)42)34-23-21-32(22-24-34)35-29-36(55-44-17-7-4-14-40(44)50-46(55)19-9-27-52-50)31-37(30-35)56-45-18-8-5-15-41(45)51-47(56)20-10-28-53-51/h1-4,6-14,16-31H,5,15H2. The molecule has 0 saturated heterocycles. The highest BCUT2D eigenvalue weighted by Crippen LogP contribution is 2.40. The number of benzene rings is 6. The van der Waals surface area contributed by atoms with Gasteiger partial charge in [-0.2, -0.15) is 0 Å². The average Bonchev–Trinajstić information content (AvgIpc) is 3.79. The van der Waals surface area contributed by atoms with E-state index in [0.29, 0.717) is 0 Å². The molecule has 1 aliphatic carbocycles. The van der Waals surface area contributed by atoms with Crippen LogP contribution in [-0.4, -0.2) is 24.1 Å². The van der Waals surface area contributed by atoms with E-state index in [2.05, 4.69) is 161 Å². The summed E-state index contributed by atoms with van der Waals surface area (Å²) in [5.74, 6) is 0. The molecular weight excluding hydrogens is 683 g/mol. The zero-order valence-corrected chi connectivity index (χ0v) is 30.4. The van der Waals surface area contributed by atoms with E-state index in [1.165, 1.54) is 33.2 Å². The van der Waals surface area contributed by atoms with Crippen molar-refractivity contribution < 1.29 is 0 Å². The van der Waals surface area contributed by atoms with Crippen LogP contribution < -0.4 is 0 Å². The van der Waals surface area contributed by atoms with E-state index < -0.39 is 0 Å². The van der Waals surface area contributed by atoms with Gasteiger partial charge in [0, 0.05) is 56.4 Å². The summed E-state index contributed by atoms with van der Waals surface area (Å²) < 4.78 is 4.77. The highest BCUT2D eigenvalue weighted by atomic mass is 15.0. The Morgan fingerprint density at radius 2 is 1.14 bits per heavy atom. The lowest BCUT2D eigenvalue weighted by Crippen LogP contribution is -2.03. The molecule has 11 aromatic rings. The van der Waals surface area contributed by atoms with Gasteiger partial charge in [-0.05, 0) is 95.6 Å². The molecule has 0 amide bonds. The minimum atomic E-state index is 0.979. The summed E-state index contributed by atoms with van der Waals surface area (Å²) in [6.07, 6.45) is 10.4. The monoisotopic (exact) mass is 715 g/mol. The van der Waals surface area contributed by atoms with Crippen LogP contribution in [-0.2, 0) is 6.42 Å². The van der Waals surface area contributed by atoms with E-state index in [-0.39, 0.29) is 0 Å². The minimum Gasteiger partial charge on any atom is -0.308 e. The third-order valence-electron chi connectivity index (χ3n) is 11.6. The van der Waals surface area contributed by atoms with Crippen LogP contribution in [0, 0.1) is 0 Å². The topological polar surface area (TPSA) is 48.5 Å². The molecule has 0 aliphatic heterocycles. The van der Waals surface area contributed by atoms with Gasteiger partial charge >= 0.3 is 0 Å². The van der Waals surface area contributed by atoms with Crippen molar-refractivity contribution in [3.63, 3.8) is 0 Å². The molecule has 0 bridgehead atoms. The zero-order valence-electron chi connectivity index (χ0n) is 30.4. The van der Waals surface area contributed by atoms with Crippen molar-refractivity contribution in [3.05, 3.63) is 181 Å². The first-order valence-corrected chi connectivity index (χ1v) is 19.2. The predicted octanol–water partition coefficient (Wildman–Crippen LogP) is 12.7. The molecular formula is C51H33N5. The number of para-hydroxylation sites is 2. The minimum absolute atomic E-state index is 0.979. The van der Waals surface area contributed by atoms with Gasteiger partial charge in [-0.25, -0.2) is 4.98 Å². The van der Waals surface area contributed by atoms with Gasteiger partial charge in [-0.3, -0.25) is 9.97 Å². The molecule has 5 heteroatoms. The predicted molar refractivity (Wildman–Crippen MR) is 232 cm³/mol. The van der Waals surface area contributed by atoms with Crippen molar-refractivity contribution in [1.29, 1.82) is 0 Å². The van der Waals surface area contributed by atoms with Gasteiger partial charge in [0.15, 0.2) is 0 Å². The Morgan fingerprint density at radius 3 is 2.00 bits per heavy atom. The molecule has 5 nitrogen and oxygen atoms in total. The van der Waals surface area contributed by atoms with Crippen molar-refractivity contribution in [2.24, 2.45) is 0 Å². The van der Waals surface area contributed by atoms with Gasteiger partial charge in [-0.1, -0.05) is 103 Å². The van der Waals surface area contributed by atoms with Gasteiger partial charge in [0.05, 0.1) is 44.3 Å². The Labute approximate surface area is 322 Å². The lowest BCUT2D eigenvalue weighted by Gasteiger charge is -2.17. The van der Waals surface area contributed by atoms with E-state index in [9.17, 15) is 0 Å². The van der Waals surface area contributed by atoms with Crippen LogP contribution >= 0.6 is 0 Å².